The fourth-order valence-corrected chi connectivity index (χ4v) is 1.36. The van der Waals surface area contributed by atoms with Gasteiger partial charge in [0.1, 0.15) is 6.33 Å². The van der Waals surface area contributed by atoms with Crippen molar-refractivity contribution in [1.29, 1.82) is 0 Å². The summed E-state index contributed by atoms with van der Waals surface area (Å²) >= 11 is 0. The van der Waals surface area contributed by atoms with E-state index in [4.69, 9.17) is 0 Å². The zero-order chi connectivity index (χ0) is 9.10. The number of nitrogens with zero attached hydrogens (tertiary/aromatic N) is 3. The summed E-state index contributed by atoms with van der Waals surface area (Å²) in [7, 11) is 1.95. The van der Waals surface area contributed by atoms with E-state index in [1.54, 1.807) is 10.8 Å². The van der Waals surface area contributed by atoms with Gasteiger partial charge in [0.2, 0.25) is 0 Å². The molecular formula is C9H12N4. The van der Waals surface area contributed by atoms with Crippen LogP contribution in [0, 0.1) is 0 Å². The number of nitrogens with one attached hydrogen (secondary N) is 1. The predicted molar refractivity (Wildman–Crippen MR) is 50.6 cm³/mol. The minimum Gasteiger partial charge on any atom is -0.319 e. The molecule has 0 spiro atoms. The average molecular weight is 176 g/mol. The summed E-state index contributed by atoms with van der Waals surface area (Å²) in [5, 5.41) is 7.19. The second-order valence-corrected chi connectivity index (χ2v) is 2.92. The molecule has 68 valence electrons. The quantitative estimate of drug-likeness (QED) is 0.740. The summed E-state index contributed by atoms with van der Waals surface area (Å²) in [5.74, 6) is 0. The van der Waals surface area contributed by atoms with Gasteiger partial charge in [-0.05, 0) is 31.6 Å². The van der Waals surface area contributed by atoms with Gasteiger partial charge in [0, 0.05) is 6.20 Å². The van der Waals surface area contributed by atoms with Gasteiger partial charge >= 0.3 is 0 Å². The number of likely N-dealkylation sites (N-methyl/N-ethyl adjacent to an activating group) is 1. The van der Waals surface area contributed by atoms with Crippen molar-refractivity contribution >= 4 is 5.65 Å². The van der Waals surface area contributed by atoms with Gasteiger partial charge in [0.25, 0.3) is 0 Å². The lowest BCUT2D eigenvalue weighted by Crippen LogP contribution is -2.11. The molecule has 0 saturated heterocycles. The average Bonchev–Trinajstić information content (AvgIpc) is 2.62. The number of rotatable bonds is 3. The van der Waals surface area contributed by atoms with Crippen LogP contribution in [0.4, 0.5) is 0 Å². The highest BCUT2D eigenvalue weighted by Crippen LogP contribution is 2.06. The number of aromatic nitrogens is 3. The van der Waals surface area contributed by atoms with Gasteiger partial charge in [-0.2, -0.15) is 5.10 Å². The standard InChI is InChI=1S/C9H12N4/c1-10-5-4-8-3-2-6-13-9(8)11-7-12-13/h2-3,6-7,10H,4-5H2,1H3. The van der Waals surface area contributed by atoms with Crippen LogP contribution in [0.1, 0.15) is 5.56 Å². The Morgan fingerprint density at radius 2 is 2.46 bits per heavy atom. The molecule has 0 aromatic carbocycles. The molecule has 0 fully saturated rings. The SMILES string of the molecule is CNCCc1cccn2ncnc12. The lowest BCUT2D eigenvalue weighted by molar-refractivity contribution is 0.789. The molecule has 0 atom stereocenters. The predicted octanol–water partition coefficient (Wildman–Crippen LogP) is 0.491. The maximum Gasteiger partial charge on any atom is 0.158 e. The lowest BCUT2D eigenvalue weighted by Gasteiger charge is -2.01. The van der Waals surface area contributed by atoms with Crippen molar-refractivity contribution in [3.05, 3.63) is 30.2 Å². The molecule has 0 aliphatic carbocycles. The minimum atomic E-state index is 0.956. The van der Waals surface area contributed by atoms with Crippen LogP contribution < -0.4 is 5.32 Å². The van der Waals surface area contributed by atoms with Crippen molar-refractivity contribution in [3.63, 3.8) is 0 Å². The third-order valence-electron chi connectivity index (χ3n) is 2.03. The first-order chi connectivity index (χ1) is 6.42. The summed E-state index contributed by atoms with van der Waals surface area (Å²) in [6.45, 7) is 0.965. The van der Waals surface area contributed by atoms with Crippen molar-refractivity contribution in [2.45, 2.75) is 6.42 Å². The molecule has 13 heavy (non-hydrogen) atoms. The highest BCUT2D eigenvalue weighted by atomic mass is 15.3. The Balaban J connectivity index is 2.37. The molecule has 0 radical (unpaired) electrons. The van der Waals surface area contributed by atoms with Crippen LogP contribution in [0.25, 0.3) is 5.65 Å². The third kappa shape index (κ3) is 1.53. The monoisotopic (exact) mass is 176 g/mol. The van der Waals surface area contributed by atoms with Crippen molar-refractivity contribution in [2.24, 2.45) is 0 Å². The van der Waals surface area contributed by atoms with Crippen LogP contribution in [0.5, 0.6) is 0 Å². The molecule has 2 aromatic heterocycles. The molecule has 0 aliphatic rings. The smallest absolute Gasteiger partial charge is 0.158 e. The van der Waals surface area contributed by atoms with Gasteiger partial charge < -0.3 is 5.32 Å². The highest BCUT2D eigenvalue weighted by Gasteiger charge is 2.00. The number of hydrogen-bond acceptors (Lipinski definition) is 3. The molecule has 2 heterocycles. The van der Waals surface area contributed by atoms with E-state index in [0.717, 1.165) is 18.6 Å². The minimum absolute atomic E-state index is 0.956. The van der Waals surface area contributed by atoms with E-state index in [2.05, 4.69) is 21.5 Å². The van der Waals surface area contributed by atoms with E-state index < -0.39 is 0 Å². The van der Waals surface area contributed by atoms with Crippen molar-refractivity contribution < 1.29 is 0 Å². The van der Waals surface area contributed by atoms with Crippen LogP contribution in [0.2, 0.25) is 0 Å². The Morgan fingerprint density at radius 1 is 1.54 bits per heavy atom. The Kier molecular flexibility index (Phi) is 2.23. The van der Waals surface area contributed by atoms with Crippen molar-refractivity contribution in [2.75, 3.05) is 13.6 Å². The fourth-order valence-electron chi connectivity index (χ4n) is 1.36. The third-order valence-corrected chi connectivity index (χ3v) is 2.03. The van der Waals surface area contributed by atoms with E-state index in [1.165, 1.54) is 5.56 Å². The van der Waals surface area contributed by atoms with E-state index in [1.807, 2.05) is 19.3 Å². The number of hydrogen-bond donors (Lipinski definition) is 1. The van der Waals surface area contributed by atoms with Crippen molar-refractivity contribution in [3.8, 4) is 0 Å². The molecule has 1 N–H and O–H groups in total. The summed E-state index contributed by atoms with van der Waals surface area (Å²) in [6, 6.07) is 4.08. The Hall–Kier alpha value is -1.42. The normalized spacial score (nSPS) is 10.8. The maximum atomic E-state index is 4.20. The molecule has 4 nitrogen and oxygen atoms in total. The molecule has 0 bridgehead atoms. The molecule has 0 aliphatic heterocycles. The van der Waals surface area contributed by atoms with Crippen LogP contribution in [-0.2, 0) is 6.42 Å². The lowest BCUT2D eigenvalue weighted by atomic mass is 10.2. The first-order valence-corrected chi connectivity index (χ1v) is 4.33. The molecule has 0 unspecified atom stereocenters. The van der Waals surface area contributed by atoms with E-state index in [-0.39, 0.29) is 0 Å². The Morgan fingerprint density at radius 3 is 3.31 bits per heavy atom. The van der Waals surface area contributed by atoms with Crippen LogP contribution in [0.3, 0.4) is 0 Å². The van der Waals surface area contributed by atoms with Gasteiger partial charge in [-0.1, -0.05) is 6.07 Å². The second-order valence-electron chi connectivity index (χ2n) is 2.92. The highest BCUT2D eigenvalue weighted by molar-refractivity contribution is 5.46. The topological polar surface area (TPSA) is 42.2 Å². The summed E-state index contributed by atoms with van der Waals surface area (Å²) in [4.78, 5) is 4.20. The van der Waals surface area contributed by atoms with Gasteiger partial charge in [-0.25, -0.2) is 9.50 Å². The van der Waals surface area contributed by atoms with Gasteiger partial charge in [-0.15, -0.1) is 0 Å². The first kappa shape index (κ1) is 8.19. The Bertz CT molecular complexity index is 393. The van der Waals surface area contributed by atoms with Gasteiger partial charge in [0.15, 0.2) is 5.65 Å². The fraction of sp³-hybridized carbons (Fsp3) is 0.333. The second kappa shape index (κ2) is 3.53. The van der Waals surface area contributed by atoms with Crippen LogP contribution in [0.15, 0.2) is 24.7 Å². The zero-order valence-electron chi connectivity index (χ0n) is 7.57. The Labute approximate surface area is 76.6 Å². The maximum absolute atomic E-state index is 4.20. The van der Waals surface area contributed by atoms with Crippen LogP contribution in [-0.4, -0.2) is 28.2 Å². The summed E-state index contributed by atoms with van der Waals surface area (Å²) in [5.41, 5.74) is 2.19. The molecular weight excluding hydrogens is 164 g/mol. The zero-order valence-corrected chi connectivity index (χ0v) is 7.57. The largest absolute Gasteiger partial charge is 0.319 e. The van der Waals surface area contributed by atoms with E-state index in [9.17, 15) is 0 Å². The van der Waals surface area contributed by atoms with E-state index >= 15 is 0 Å². The van der Waals surface area contributed by atoms with E-state index in [0.29, 0.717) is 0 Å². The molecule has 2 aromatic rings. The van der Waals surface area contributed by atoms with Gasteiger partial charge in [-0.3, -0.25) is 0 Å². The van der Waals surface area contributed by atoms with Gasteiger partial charge in [0.05, 0.1) is 0 Å². The molecule has 0 saturated carbocycles. The first-order valence-electron chi connectivity index (χ1n) is 4.33. The summed E-state index contributed by atoms with van der Waals surface area (Å²) in [6.07, 6.45) is 4.48. The molecule has 0 amide bonds. The van der Waals surface area contributed by atoms with Crippen LogP contribution >= 0.6 is 0 Å². The molecule has 2 rings (SSSR count). The summed E-state index contributed by atoms with van der Waals surface area (Å²) < 4.78 is 1.80. The van der Waals surface area contributed by atoms with Crippen molar-refractivity contribution in [1.82, 2.24) is 19.9 Å². The molecule has 4 heteroatoms. The number of fused-ring (bicyclic) bond motifs is 1. The number of pyridine rings is 1.